The highest BCUT2D eigenvalue weighted by Crippen LogP contribution is 2.26. The molecule has 292 valence electrons. The molecule has 3 saturated heterocycles. The Kier molecular flexibility index (Phi) is 13.9. The fourth-order valence-electron chi connectivity index (χ4n) is 7.34. The molecule has 0 bridgehead atoms. The van der Waals surface area contributed by atoms with Gasteiger partial charge in [-0.05, 0) is 62.1 Å². The highest BCUT2D eigenvalue weighted by molar-refractivity contribution is 5.97. The average Bonchev–Trinajstić information content (AvgIpc) is 3.83. The van der Waals surface area contributed by atoms with Crippen molar-refractivity contribution < 1.29 is 43.0 Å². The number of benzene rings is 1. The highest BCUT2D eigenvalue weighted by atomic mass is 16.5. The van der Waals surface area contributed by atoms with E-state index in [9.17, 15) is 33.6 Å². The van der Waals surface area contributed by atoms with Crippen LogP contribution in [0, 0.1) is 11.8 Å². The quantitative estimate of drug-likeness (QED) is 0.346. The third-order valence-corrected chi connectivity index (χ3v) is 10.8. The van der Waals surface area contributed by atoms with Crippen LogP contribution < -0.4 is 20.7 Å². The molecule has 3 N–H and O–H groups in total. The first-order chi connectivity index (χ1) is 25.1. The van der Waals surface area contributed by atoms with Crippen molar-refractivity contribution in [3.8, 4) is 5.75 Å². The van der Waals surface area contributed by atoms with Crippen LogP contribution in [-0.2, 0) is 44.7 Å². The monoisotopic (exact) mass is 740 g/mol. The molecule has 3 heterocycles. The van der Waals surface area contributed by atoms with Crippen LogP contribution in [0.2, 0.25) is 0 Å². The van der Waals surface area contributed by atoms with Crippen molar-refractivity contribution in [2.24, 2.45) is 11.8 Å². The van der Waals surface area contributed by atoms with Gasteiger partial charge in [-0.1, -0.05) is 46.2 Å². The molecule has 4 rings (SSSR count). The minimum Gasteiger partial charge on any atom is -0.497 e. The summed E-state index contributed by atoms with van der Waals surface area (Å²) in [6.45, 7) is 10.5. The van der Waals surface area contributed by atoms with Gasteiger partial charge in [-0.25, -0.2) is 4.79 Å². The van der Waals surface area contributed by atoms with Gasteiger partial charge in [-0.3, -0.25) is 28.8 Å². The summed E-state index contributed by atoms with van der Waals surface area (Å²) in [6.07, 6.45) is 1.04. The molecule has 0 saturated carbocycles. The van der Waals surface area contributed by atoms with Crippen LogP contribution in [-0.4, -0.2) is 126 Å². The van der Waals surface area contributed by atoms with Crippen molar-refractivity contribution in [3.63, 3.8) is 0 Å². The lowest BCUT2D eigenvalue weighted by atomic mass is 9.95. The molecule has 3 aliphatic rings. The van der Waals surface area contributed by atoms with Gasteiger partial charge in [0.1, 0.15) is 48.1 Å². The number of hydrogen-bond acceptors (Lipinski definition) is 9. The van der Waals surface area contributed by atoms with Gasteiger partial charge >= 0.3 is 5.97 Å². The third-order valence-electron chi connectivity index (χ3n) is 10.8. The van der Waals surface area contributed by atoms with Crippen LogP contribution in [0.4, 0.5) is 0 Å². The number of amides is 6. The number of carbonyl (C=O) groups excluding carboxylic acids is 7. The summed E-state index contributed by atoms with van der Waals surface area (Å²) < 4.78 is 11.2. The number of nitrogens with one attached hydrogen (secondary N) is 3. The van der Waals surface area contributed by atoms with Gasteiger partial charge in [0.2, 0.25) is 35.4 Å². The number of likely N-dealkylation sites (N-methyl/N-ethyl adjacent to an activating group) is 1. The lowest BCUT2D eigenvalue weighted by Crippen LogP contribution is -2.61. The first-order valence-corrected chi connectivity index (χ1v) is 18.7. The SMILES string of the molecule is CC[C@H](C)[C@@H]1NC(=O)[C@@H]2CCCN2C(=O)[C@H](NC(C)=O)[C@H](C)OC(=O)[C@H](Cc2ccc(OC)cc2)N(C)C(=O)[C@@H]2CCCN2C(=O)[C@H](C(C)C)NC1=O. The predicted octanol–water partition coefficient (Wildman–Crippen LogP) is 1.17. The fraction of sp³-hybridized carbons (Fsp3) is 0.658. The number of cyclic esters (lactones) is 1. The number of carbonyl (C=O) groups is 7. The van der Waals surface area contributed by atoms with Crippen LogP contribution in [0.5, 0.6) is 5.75 Å². The number of ether oxygens (including phenoxy) is 2. The molecule has 3 aliphatic heterocycles. The zero-order valence-corrected chi connectivity index (χ0v) is 32.2. The molecule has 3 fully saturated rings. The number of methoxy groups -OCH3 is 1. The number of esters is 1. The molecule has 0 aliphatic carbocycles. The van der Waals surface area contributed by atoms with Gasteiger partial charge < -0.3 is 40.1 Å². The summed E-state index contributed by atoms with van der Waals surface area (Å²) in [7, 11) is 3.01. The van der Waals surface area contributed by atoms with Gasteiger partial charge in [0.25, 0.3) is 0 Å². The summed E-state index contributed by atoms with van der Waals surface area (Å²) in [4.78, 5) is 101. The van der Waals surface area contributed by atoms with Crippen LogP contribution in [0.15, 0.2) is 24.3 Å². The molecule has 0 radical (unpaired) electrons. The van der Waals surface area contributed by atoms with E-state index in [4.69, 9.17) is 9.47 Å². The van der Waals surface area contributed by atoms with Crippen molar-refractivity contribution >= 4 is 41.4 Å². The molecule has 15 heteroatoms. The van der Waals surface area contributed by atoms with Crippen LogP contribution in [0.3, 0.4) is 0 Å². The van der Waals surface area contributed by atoms with E-state index >= 15 is 0 Å². The number of rotatable bonds is 7. The topological polar surface area (TPSA) is 184 Å². The fourth-order valence-corrected chi connectivity index (χ4v) is 7.34. The molecule has 0 aromatic heterocycles. The standard InChI is InChI=1S/C38H56N6O9/c1-9-22(4)31-34(47)40-30(21(2)3)36(49)44-19-11-13-28(44)35(48)42(7)29(20-25-14-16-26(52-8)17-15-25)38(51)53-23(5)32(39-24(6)45)37(50)43-18-10-12-27(43)33(46)41-31/h14-17,21-23,27-32H,9-13,18-20H2,1-8H3,(H,39,45)(H,40,47)(H,41,46)/t22-,23-,27-,28-,29-,30-,31-,32+/m0/s1. The van der Waals surface area contributed by atoms with E-state index in [0.717, 1.165) is 0 Å². The first-order valence-electron chi connectivity index (χ1n) is 18.7. The summed E-state index contributed by atoms with van der Waals surface area (Å²) in [5, 5.41) is 8.35. The second-order valence-electron chi connectivity index (χ2n) is 14.8. The number of fused-ring (bicyclic) bond motifs is 2. The molecule has 15 nitrogen and oxygen atoms in total. The molecule has 0 spiro atoms. The largest absolute Gasteiger partial charge is 0.497 e. The van der Waals surface area contributed by atoms with Gasteiger partial charge in [0.15, 0.2) is 0 Å². The van der Waals surface area contributed by atoms with Gasteiger partial charge in [-0.2, -0.15) is 0 Å². The molecule has 6 amide bonds. The van der Waals surface area contributed by atoms with Crippen LogP contribution in [0.25, 0.3) is 0 Å². The molecule has 53 heavy (non-hydrogen) atoms. The minimum absolute atomic E-state index is 0.0350. The molecule has 0 unspecified atom stereocenters. The van der Waals surface area contributed by atoms with Crippen molar-refractivity contribution in [1.29, 1.82) is 0 Å². The predicted molar refractivity (Wildman–Crippen MR) is 194 cm³/mol. The van der Waals surface area contributed by atoms with Crippen molar-refractivity contribution in [1.82, 2.24) is 30.7 Å². The van der Waals surface area contributed by atoms with E-state index in [1.165, 1.54) is 42.7 Å². The number of nitrogens with zero attached hydrogens (tertiary/aromatic N) is 3. The Morgan fingerprint density at radius 3 is 2.04 bits per heavy atom. The molecular weight excluding hydrogens is 684 g/mol. The van der Waals surface area contributed by atoms with Crippen LogP contribution in [0.1, 0.15) is 79.2 Å². The lowest BCUT2D eigenvalue weighted by molar-refractivity contribution is -0.163. The Morgan fingerprint density at radius 1 is 0.887 bits per heavy atom. The van der Waals surface area contributed by atoms with E-state index < -0.39 is 83.8 Å². The maximum absolute atomic E-state index is 14.3. The number of hydrogen-bond donors (Lipinski definition) is 3. The van der Waals surface area contributed by atoms with Crippen molar-refractivity contribution in [2.45, 2.75) is 122 Å². The third kappa shape index (κ3) is 9.46. The Morgan fingerprint density at radius 2 is 1.47 bits per heavy atom. The van der Waals surface area contributed by atoms with Gasteiger partial charge in [0, 0.05) is 33.5 Å². The second-order valence-corrected chi connectivity index (χ2v) is 14.8. The normalized spacial score (nSPS) is 28.6. The Bertz CT molecular complexity index is 1530. The van der Waals surface area contributed by atoms with E-state index in [0.29, 0.717) is 43.4 Å². The summed E-state index contributed by atoms with van der Waals surface area (Å²) >= 11 is 0. The maximum Gasteiger partial charge on any atom is 0.329 e. The molecule has 1 aromatic rings. The highest BCUT2D eigenvalue weighted by Gasteiger charge is 2.45. The first kappa shape index (κ1) is 41.1. The zero-order valence-electron chi connectivity index (χ0n) is 32.2. The summed E-state index contributed by atoms with van der Waals surface area (Å²) in [6, 6.07) is 0.551. The van der Waals surface area contributed by atoms with Gasteiger partial charge in [0.05, 0.1) is 7.11 Å². The smallest absolute Gasteiger partial charge is 0.329 e. The molecule has 1 aromatic carbocycles. The maximum atomic E-state index is 14.3. The van der Waals surface area contributed by atoms with E-state index in [2.05, 4.69) is 16.0 Å². The summed E-state index contributed by atoms with van der Waals surface area (Å²) in [5.41, 5.74) is 0.691. The van der Waals surface area contributed by atoms with E-state index in [1.807, 2.05) is 13.8 Å². The molecular formula is C38H56N6O9. The second kappa shape index (κ2) is 17.9. The van der Waals surface area contributed by atoms with Crippen molar-refractivity contribution in [3.05, 3.63) is 29.8 Å². The lowest BCUT2D eigenvalue weighted by Gasteiger charge is -2.35. The van der Waals surface area contributed by atoms with Crippen LogP contribution >= 0.6 is 0 Å². The molecule has 8 atom stereocenters. The Labute approximate surface area is 311 Å². The Balaban J connectivity index is 1.80. The summed E-state index contributed by atoms with van der Waals surface area (Å²) in [5.74, 6) is -4.09. The van der Waals surface area contributed by atoms with Gasteiger partial charge in [-0.15, -0.1) is 0 Å². The Hall–Kier alpha value is -4.69. The average molecular weight is 741 g/mol. The zero-order chi connectivity index (χ0) is 39.1. The minimum atomic E-state index is -1.35. The van der Waals surface area contributed by atoms with Crippen molar-refractivity contribution in [2.75, 3.05) is 27.2 Å². The van der Waals surface area contributed by atoms with E-state index in [-0.39, 0.29) is 31.3 Å². The van der Waals surface area contributed by atoms with E-state index in [1.54, 1.807) is 38.1 Å².